The topological polar surface area (TPSA) is 67.5 Å². The third-order valence-electron chi connectivity index (χ3n) is 5.18. The largest absolute Gasteiger partial charge is 0.493 e. The highest BCUT2D eigenvalue weighted by Gasteiger charge is 2.30. The average molecular weight is 445 g/mol. The van der Waals surface area contributed by atoms with Crippen LogP contribution in [0.25, 0.3) is 0 Å². The van der Waals surface area contributed by atoms with Crippen LogP contribution < -0.4 is 4.74 Å². The summed E-state index contributed by atoms with van der Waals surface area (Å²) < 4.78 is 49.2. The molecule has 0 radical (unpaired) electrons. The zero-order valence-electron chi connectivity index (χ0n) is 17.1. The predicted molar refractivity (Wildman–Crippen MR) is 110 cm³/mol. The molecule has 1 saturated heterocycles. The van der Waals surface area contributed by atoms with Crippen LogP contribution >= 0.6 is 0 Å². The smallest absolute Gasteiger partial charge is 0.416 e. The fraction of sp³-hybridized carbons (Fsp3) is 0.304. The van der Waals surface area contributed by atoms with Gasteiger partial charge in [0.25, 0.3) is 5.91 Å². The van der Waals surface area contributed by atoms with Gasteiger partial charge in [-0.2, -0.15) is 18.3 Å². The van der Waals surface area contributed by atoms with Gasteiger partial charge in [-0.3, -0.25) is 9.89 Å². The Labute approximate surface area is 183 Å². The lowest BCUT2D eigenvalue weighted by molar-refractivity contribution is -0.137. The van der Waals surface area contributed by atoms with Crippen molar-refractivity contribution in [2.24, 2.45) is 0 Å². The van der Waals surface area contributed by atoms with E-state index in [0.29, 0.717) is 43.1 Å². The molecule has 1 N–H and O–H groups in total. The third-order valence-corrected chi connectivity index (χ3v) is 5.18. The Bertz CT molecular complexity index is 1040. The van der Waals surface area contributed by atoms with Gasteiger partial charge >= 0.3 is 6.18 Å². The van der Waals surface area contributed by atoms with Gasteiger partial charge in [-0.15, -0.1) is 0 Å². The first kappa shape index (κ1) is 21.9. The maximum atomic E-state index is 12.7. The van der Waals surface area contributed by atoms with Crippen molar-refractivity contribution >= 4 is 5.91 Å². The van der Waals surface area contributed by atoms with Crippen LogP contribution in [-0.2, 0) is 17.3 Å². The van der Waals surface area contributed by atoms with Gasteiger partial charge in [0.15, 0.2) is 0 Å². The minimum atomic E-state index is -4.37. The molecule has 1 aromatic heterocycles. The van der Waals surface area contributed by atoms with E-state index < -0.39 is 11.7 Å². The van der Waals surface area contributed by atoms with Crippen LogP contribution in [0.4, 0.5) is 13.2 Å². The molecule has 0 spiro atoms. The molecule has 1 aliphatic rings. The molecule has 0 aliphatic carbocycles. The van der Waals surface area contributed by atoms with Crippen LogP contribution in [0.1, 0.15) is 33.4 Å². The Morgan fingerprint density at radius 1 is 1.16 bits per heavy atom. The predicted octanol–water partition coefficient (Wildman–Crippen LogP) is 4.26. The number of carbonyl (C=O) groups excluding carboxylic acids is 1. The summed E-state index contributed by atoms with van der Waals surface area (Å²) in [7, 11) is 0. The van der Waals surface area contributed by atoms with Crippen molar-refractivity contribution in [1.82, 2.24) is 15.1 Å². The van der Waals surface area contributed by atoms with E-state index in [2.05, 4.69) is 10.2 Å². The Morgan fingerprint density at radius 3 is 2.62 bits per heavy atom. The molecular formula is C23H22F3N3O3. The van der Waals surface area contributed by atoms with Gasteiger partial charge in [0.05, 0.1) is 31.0 Å². The zero-order valence-corrected chi connectivity index (χ0v) is 17.1. The number of halogens is 3. The maximum absolute atomic E-state index is 12.7. The summed E-state index contributed by atoms with van der Waals surface area (Å²) in [5, 5.41) is 7.23. The number of morpholine rings is 1. The number of ether oxygens (including phenoxy) is 2. The van der Waals surface area contributed by atoms with E-state index in [0.717, 1.165) is 17.8 Å². The van der Waals surface area contributed by atoms with Crippen LogP contribution in [0, 0.1) is 0 Å². The highest BCUT2D eigenvalue weighted by molar-refractivity contribution is 5.94. The number of carbonyl (C=O) groups is 1. The second kappa shape index (κ2) is 9.44. The van der Waals surface area contributed by atoms with Gasteiger partial charge in [0, 0.05) is 24.2 Å². The first-order valence-electron chi connectivity index (χ1n) is 10.2. The molecule has 9 heteroatoms. The van der Waals surface area contributed by atoms with E-state index >= 15 is 0 Å². The molecule has 2 aromatic carbocycles. The SMILES string of the molecule is O=C(c1ccccc1)N1CCO[C@H](c2cc(CCOc3ccc(C(F)(F)F)cc3)[nH]n2)C1. The summed E-state index contributed by atoms with van der Waals surface area (Å²) in [5.74, 6) is 0.322. The normalized spacial score (nSPS) is 16.7. The molecule has 32 heavy (non-hydrogen) atoms. The molecule has 4 rings (SSSR count). The summed E-state index contributed by atoms with van der Waals surface area (Å²) in [5.41, 5.74) is 1.42. The number of hydrogen-bond donors (Lipinski definition) is 1. The molecule has 2 heterocycles. The molecule has 168 valence electrons. The first-order valence-corrected chi connectivity index (χ1v) is 10.2. The van der Waals surface area contributed by atoms with E-state index in [4.69, 9.17) is 9.47 Å². The quantitative estimate of drug-likeness (QED) is 0.616. The monoisotopic (exact) mass is 445 g/mol. The average Bonchev–Trinajstić information content (AvgIpc) is 3.28. The Balaban J connectivity index is 1.30. The van der Waals surface area contributed by atoms with E-state index in [1.54, 1.807) is 17.0 Å². The summed E-state index contributed by atoms with van der Waals surface area (Å²) in [6.07, 6.45) is -4.21. The molecular weight excluding hydrogens is 423 g/mol. The molecule has 0 bridgehead atoms. The number of hydrogen-bond acceptors (Lipinski definition) is 4. The zero-order chi connectivity index (χ0) is 22.6. The molecule has 1 amide bonds. The van der Waals surface area contributed by atoms with Crippen molar-refractivity contribution in [3.8, 4) is 5.75 Å². The van der Waals surface area contributed by atoms with Gasteiger partial charge in [0.1, 0.15) is 11.9 Å². The van der Waals surface area contributed by atoms with Crippen LogP contribution in [0.5, 0.6) is 5.75 Å². The number of nitrogens with zero attached hydrogens (tertiary/aromatic N) is 2. The Morgan fingerprint density at radius 2 is 1.91 bits per heavy atom. The lowest BCUT2D eigenvalue weighted by Gasteiger charge is -2.32. The third kappa shape index (κ3) is 5.28. The first-order chi connectivity index (χ1) is 15.4. The number of amides is 1. The molecule has 0 saturated carbocycles. The second-order valence-corrected chi connectivity index (χ2v) is 7.42. The lowest BCUT2D eigenvalue weighted by Crippen LogP contribution is -2.42. The molecule has 0 unspecified atom stereocenters. The van der Waals surface area contributed by atoms with E-state index in [9.17, 15) is 18.0 Å². The number of rotatable bonds is 6. The van der Waals surface area contributed by atoms with E-state index in [-0.39, 0.29) is 18.6 Å². The van der Waals surface area contributed by atoms with Gasteiger partial charge in [-0.25, -0.2) is 0 Å². The summed E-state index contributed by atoms with van der Waals surface area (Å²) in [4.78, 5) is 14.5. The van der Waals surface area contributed by atoms with Crippen LogP contribution in [-0.4, -0.2) is 47.3 Å². The summed E-state index contributed by atoms with van der Waals surface area (Å²) >= 11 is 0. The van der Waals surface area contributed by atoms with Crippen molar-refractivity contribution in [2.75, 3.05) is 26.3 Å². The highest BCUT2D eigenvalue weighted by Crippen LogP contribution is 2.30. The van der Waals surface area contributed by atoms with Gasteiger partial charge < -0.3 is 14.4 Å². The molecule has 6 nitrogen and oxygen atoms in total. The summed E-state index contributed by atoms with van der Waals surface area (Å²) in [6.45, 7) is 1.61. The number of benzene rings is 2. The van der Waals surface area contributed by atoms with Crippen LogP contribution in [0.15, 0.2) is 60.7 Å². The molecule has 3 aromatic rings. The lowest BCUT2D eigenvalue weighted by atomic mass is 10.1. The summed E-state index contributed by atoms with van der Waals surface area (Å²) in [6, 6.07) is 15.6. The van der Waals surface area contributed by atoms with Crippen molar-refractivity contribution < 1.29 is 27.4 Å². The Hall–Kier alpha value is -3.33. The van der Waals surface area contributed by atoms with Crippen molar-refractivity contribution in [1.29, 1.82) is 0 Å². The van der Waals surface area contributed by atoms with Gasteiger partial charge in [0.2, 0.25) is 0 Å². The van der Waals surface area contributed by atoms with Crippen molar-refractivity contribution in [2.45, 2.75) is 18.7 Å². The van der Waals surface area contributed by atoms with Crippen molar-refractivity contribution in [3.63, 3.8) is 0 Å². The van der Waals surface area contributed by atoms with E-state index in [1.807, 2.05) is 24.3 Å². The number of aromatic nitrogens is 2. The number of aromatic amines is 1. The Kier molecular flexibility index (Phi) is 6.45. The maximum Gasteiger partial charge on any atom is 0.416 e. The number of nitrogens with one attached hydrogen (secondary N) is 1. The minimum absolute atomic E-state index is 0.0420. The fourth-order valence-electron chi connectivity index (χ4n) is 3.47. The molecule has 1 atom stereocenters. The fourth-order valence-corrected chi connectivity index (χ4v) is 3.47. The highest BCUT2D eigenvalue weighted by atomic mass is 19.4. The number of alkyl halides is 3. The van der Waals surface area contributed by atoms with Gasteiger partial charge in [-0.1, -0.05) is 18.2 Å². The van der Waals surface area contributed by atoms with Crippen LogP contribution in [0.3, 0.4) is 0 Å². The molecule has 1 fully saturated rings. The van der Waals surface area contributed by atoms with E-state index in [1.165, 1.54) is 12.1 Å². The van der Waals surface area contributed by atoms with Gasteiger partial charge in [-0.05, 0) is 42.5 Å². The van der Waals surface area contributed by atoms with Crippen LogP contribution in [0.2, 0.25) is 0 Å². The second-order valence-electron chi connectivity index (χ2n) is 7.42. The standard InChI is InChI=1S/C23H22F3N3O3/c24-23(25,26)17-6-8-19(9-7-17)31-12-10-18-14-20(28-27-18)21-15-29(11-13-32-21)22(30)16-4-2-1-3-5-16/h1-9,14,21H,10-13,15H2,(H,27,28)/t21-/m0/s1. The minimum Gasteiger partial charge on any atom is -0.493 e. The number of H-pyrrole nitrogens is 1. The van der Waals surface area contributed by atoms with Crippen molar-refractivity contribution in [3.05, 3.63) is 83.2 Å². The molecule has 1 aliphatic heterocycles.